The van der Waals surface area contributed by atoms with Crippen molar-refractivity contribution in [3.05, 3.63) is 0 Å². The Morgan fingerprint density at radius 2 is 1.77 bits per heavy atom. The molecule has 0 aliphatic rings. The number of esters is 1. The molecule has 1 atom stereocenters. The van der Waals surface area contributed by atoms with Crippen LogP contribution in [0.1, 0.15) is 39.0 Å². The number of carbonyl (C=O) groups excluding carboxylic acids is 1. The van der Waals surface area contributed by atoms with E-state index in [1.807, 2.05) is 21.6 Å². The molecule has 0 aliphatic carbocycles. The van der Waals surface area contributed by atoms with Gasteiger partial charge in [-0.15, -0.1) is 0 Å². The molecule has 0 amide bonds. The predicted molar refractivity (Wildman–Crippen MR) is 95.3 cm³/mol. The lowest BCUT2D eigenvalue weighted by molar-refractivity contribution is -0.145. The van der Waals surface area contributed by atoms with Crippen molar-refractivity contribution < 1.29 is 19.0 Å². The Kier molecular flexibility index (Phi) is 17.4. The maximum Gasteiger partial charge on any atom is 0.305 e. The van der Waals surface area contributed by atoms with Gasteiger partial charge in [0.25, 0.3) is 0 Å². The number of hydrogen-bond donors (Lipinski definition) is 1. The number of hydrogen-bond acceptors (Lipinski definition) is 7. The van der Waals surface area contributed by atoms with Crippen LogP contribution in [-0.2, 0) is 19.0 Å². The first-order valence-corrected chi connectivity index (χ1v) is 10.6. The van der Waals surface area contributed by atoms with Crippen molar-refractivity contribution in [2.45, 2.75) is 44.3 Å². The normalized spacial score (nSPS) is 12.3. The molecule has 0 fully saturated rings. The Morgan fingerprint density at radius 3 is 2.41 bits per heavy atom. The number of carbonyl (C=O) groups is 1. The van der Waals surface area contributed by atoms with Gasteiger partial charge in [-0.05, 0) is 25.5 Å². The number of ether oxygens (including phenoxy) is 3. The van der Waals surface area contributed by atoms with Crippen molar-refractivity contribution in [1.29, 1.82) is 0 Å². The van der Waals surface area contributed by atoms with Gasteiger partial charge >= 0.3 is 5.97 Å². The van der Waals surface area contributed by atoms with Crippen LogP contribution >= 0.6 is 21.6 Å². The Hall–Kier alpha value is 0.0500. The van der Waals surface area contributed by atoms with E-state index < -0.39 is 0 Å². The van der Waals surface area contributed by atoms with Crippen molar-refractivity contribution in [1.82, 2.24) is 0 Å². The Labute approximate surface area is 142 Å². The van der Waals surface area contributed by atoms with E-state index in [2.05, 4.69) is 13.2 Å². The van der Waals surface area contributed by atoms with Gasteiger partial charge in [0.15, 0.2) is 0 Å². The van der Waals surface area contributed by atoms with E-state index >= 15 is 0 Å². The van der Waals surface area contributed by atoms with Gasteiger partial charge in [0.2, 0.25) is 0 Å². The predicted octanol–water partition coefficient (Wildman–Crippen LogP) is 2.87. The summed E-state index contributed by atoms with van der Waals surface area (Å²) in [5.41, 5.74) is 5.29. The fraction of sp³-hybridized carbons (Fsp3) is 0.933. The van der Waals surface area contributed by atoms with Crippen molar-refractivity contribution in [2.75, 3.05) is 45.8 Å². The maximum absolute atomic E-state index is 11.5. The highest BCUT2D eigenvalue weighted by atomic mass is 33.1. The van der Waals surface area contributed by atoms with E-state index in [4.69, 9.17) is 19.9 Å². The first kappa shape index (κ1) is 22.1. The first-order valence-electron chi connectivity index (χ1n) is 7.95. The molecule has 0 aromatic rings. The summed E-state index contributed by atoms with van der Waals surface area (Å²) in [5.74, 6) is -0.131. The van der Waals surface area contributed by atoms with Gasteiger partial charge in [-0.1, -0.05) is 34.9 Å². The SMILES string of the molecule is CCC(CCCCC(=O)OCCOCCOCCN)SSC. The smallest absolute Gasteiger partial charge is 0.305 e. The molecule has 0 saturated heterocycles. The average Bonchev–Trinajstić information content (AvgIpc) is 2.53. The van der Waals surface area contributed by atoms with Crippen molar-refractivity contribution >= 4 is 27.6 Å². The summed E-state index contributed by atoms with van der Waals surface area (Å²) in [6.07, 6.45) is 6.94. The zero-order valence-electron chi connectivity index (χ0n) is 13.9. The van der Waals surface area contributed by atoms with Crippen LogP contribution in [0.5, 0.6) is 0 Å². The number of nitrogens with two attached hydrogens (primary N) is 1. The molecule has 132 valence electrons. The summed E-state index contributed by atoms with van der Waals surface area (Å²) < 4.78 is 15.6. The molecule has 22 heavy (non-hydrogen) atoms. The standard InChI is InChI=1S/C15H31NO4S2/c1-3-14(22-21-2)6-4-5-7-15(17)20-13-12-19-11-10-18-9-8-16/h14H,3-13,16H2,1-2H3. The molecule has 0 saturated carbocycles. The first-order chi connectivity index (χ1) is 10.7. The largest absolute Gasteiger partial charge is 0.463 e. The highest BCUT2D eigenvalue weighted by Crippen LogP contribution is 2.29. The van der Waals surface area contributed by atoms with Crippen LogP contribution in [-0.4, -0.2) is 57.1 Å². The van der Waals surface area contributed by atoms with E-state index in [-0.39, 0.29) is 5.97 Å². The third-order valence-corrected chi connectivity index (χ3v) is 5.40. The van der Waals surface area contributed by atoms with Crippen molar-refractivity contribution in [3.8, 4) is 0 Å². The molecule has 2 N–H and O–H groups in total. The molecule has 5 nitrogen and oxygen atoms in total. The quantitative estimate of drug-likeness (QED) is 0.260. The second-order valence-corrected chi connectivity index (χ2v) is 7.54. The summed E-state index contributed by atoms with van der Waals surface area (Å²) in [6.45, 7) is 5.04. The van der Waals surface area contributed by atoms with Crippen LogP contribution in [0.15, 0.2) is 0 Å². The Morgan fingerprint density at radius 1 is 1.09 bits per heavy atom. The number of rotatable bonds is 16. The van der Waals surface area contributed by atoms with Crippen LogP contribution < -0.4 is 5.73 Å². The minimum Gasteiger partial charge on any atom is -0.463 e. The molecule has 0 aliphatic heterocycles. The van der Waals surface area contributed by atoms with E-state index in [0.717, 1.165) is 12.8 Å². The highest BCUT2D eigenvalue weighted by molar-refractivity contribution is 8.76. The van der Waals surface area contributed by atoms with Crippen molar-refractivity contribution in [2.24, 2.45) is 5.73 Å². The zero-order chi connectivity index (χ0) is 16.5. The fourth-order valence-corrected chi connectivity index (χ4v) is 3.97. The molecule has 0 bridgehead atoms. The topological polar surface area (TPSA) is 70.8 Å². The molecule has 0 rings (SSSR count). The third kappa shape index (κ3) is 15.0. The van der Waals surface area contributed by atoms with Crippen LogP contribution in [0.2, 0.25) is 0 Å². The lowest BCUT2D eigenvalue weighted by Gasteiger charge is -2.11. The lowest BCUT2D eigenvalue weighted by Crippen LogP contribution is -2.15. The number of unbranched alkanes of at least 4 members (excludes halogenated alkanes) is 1. The summed E-state index contributed by atoms with van der Waals surface area (Å²) >= 11 is 0. The Bertz CT molecular complexity index is 258. The molecule has 0 spiro atoms. The Balaban J connectivity index is 3.32. The second kappa shape index (κ2) is 17.4. The lowest BCUT2D eigenvalue weighted by atomic mass is 10.1. The summed E-state index contributed by atoms with van der Waals surface area (Å²) in [7, 11) is 3.74. The molecule has 7 heteroatoms. The van der Waals surface area contributed by atoms with Gasteiger partial charge < -0.3 is 19.9 Å². The monoisotopic (exact) mass is 353 g/mol. The third-order valence-electron chi connectivity index (χ3n) is 2.97. The summed E-state index contributed by atoms with van der Waals surface area (Å²) in [6, 6.07) is 0. The van der Waals surface area contributed by atoms with Crippen LogP contribution in [0.3, 0.4) is 0 Å². The molecular weight excluding hydrogens is 322 g/mol. The molecular formula is C15H31NO4S2. The van der Waals surface area contributed by atoms with E-state index in [9.17, 15) is 4.79 Å². The molecule has 0 radical (unpaired) electrons. The molecule has 0 aromatic heterocycles. The second-order valence-electron chi connectivity index (χ2n) is 4.77. The zero-order valence-corrected chi connectivity index (χ0v) is 15.5. The van der Waals surface area contributed by atoms with Crippen molar-refractivity contribution in [3.63, 3.8) is 0 Å². The van der Waals surface area contributed by atoms with E-state index in [1.54, 1.807) is 0 Å². The van der Waals surface area contributed by atoms with E-state index in [0.29, 0.717) is 51.2 Å². The van der Waals surface area contributed by atoms with E-state index in [1.165, 1.54) is 12.8 Å². The van der Waals surface area contributed by atoms with Crippen LogP contribution in [0.25, 0.3) is 0 Å². The summed E-state index contributed by atoms with van der Waals surface area (Å²) in [5, 5.41) is 0.695. The maximum atomic E-state index is 11.5. The van der Waals surface area contributed by atoms with Gasteiger partial charge in [-0.25, -0.2) is 0 Å². The van der Waals surface area contributed by atoms with Crippen LogP contribution in [0, 0.1) is 0 Å². The minimum absolute atomic E-state index is 0.131. The van der Waals surface area contributed by atoms with Gasteiger partial charge in [-0.2, -0.15) is 0 Å². The highest BCUT2D eigenvalue weighted by Gasteiger charge is 2.07. The minimum atomic E-state index is -0.131. The van der Waals surface area contributed by atoms with Gasteiger partial charge in [0, 0.05) is 18.2 Å². The van der Waals surface area contributed by atoms with Gasteiger partial charge in [0.05, 0.1) is 26.4 Å². The average molecular weight is 354 g/mol. The molecule has 1 unspecified atom stereocenters. The summed E-state index contributed by atoms with van der Waals surface area (Å²) in [4.78, 5) is 11.5. The van der Waals surface area contributed by atoms with Crippen LogP contribution in [0.4, 0.5) is 0 Å². The van der Waals surface area contributed by atoms with Gasteiger partial charge in [-0.3, -0.25) is 4.79 Å². The fourth-order valence-electron chi connectivity index (χ4n) is 1.79. The molecule has 0 heterocycles. The molecule has 0 aromatic carbocycles. The van der Waals surface area contributed by atoms with Gasteiger partial charge in [0.1, 0.15) is 6.61 Å².